The SMILES string of the molecule is CCC(C(C)C)n1c(N)nc2cc(Cl)cnc21. The Labute approximate surface area is 106 Å². The van der Waals surface area contributed by atoms with Gasteiger partial charge in [0.15, 0.2) is 5.65 Å². The molecule has 0 amide bonds. The van der Waals surface area contributed by atoms with Crippen molar-refractivity contribution < 1.29 is 0 Å². The standard InChI is InChI=1S/C12H17ClN4/c1-4-10(7(2)3)17-11-9(16-12(17)14)5-8(13)6-15-11/h5-7,10H,4H2,1-3H3,(H2,14,16). The summed E-state index contributed by atoms with van der Waals surface area (Å²) in [6.45, 7) is 6.50. The molecule has 4 nitrogen and oxygen atoms in total. The van der Waals surface area contributed by atoms with Gasteiger partial charge in [-0.05, 0) is 18.4 Å². The molecule has 1 atom stereocenters. The highest BCUT2D eigenvalue weighted by atomic mass is 35.5. The third-order valence-corrected chi connectivity index (χ3v) is 3.25. The number of aromatic nitrogens is 3. The van der Waals surface area contributed by atoms with Crippen molar-refractivity contribution in [1.82, 2.24) is 14.5 Å². The topological polar surface area (TPSA) is 56.7 Å². The van der Waals surface area contributed by atoms with Crippen LogP contribution in [-0.4, -0.2) is 14.5 Å². The first-order valence-electron chi connectivity index (χ1n) is 5.83. The van der Waals surface area contributed by atoms with Gasteiger partial charge in [0.2, 0.25) is 5.95 Å². The van der Waals surface area contributed by atoms with Crippen LogP contribution in [0.25, 0.3) is 11.2 Å². The van der Waals surface area contributed by atoms with Crippen molar-refractivity contribution >= 4 is 28.7 Å². The molecule has 2 N–H and O–H groups in total. The minimum absolute atomic E-state index is 0.314. The minimum Gasteiger partial charge on any atom is -0.369 e. The molecule has 0 fully saturated rings. The summed E-state index contributed by atoms with van der Waals surface area (Å²) < 4.78 is 2.01. The summed E-state index contributed by atoms with van der Waals surface area (Å²) in [4.78, 5) is 8.66. The second kappa shape index (κ2) is 4.53. The Balaban J connectivity index is 2.63. The molecule has 2 rings (SSSR count). The predicted octanol–water partition coefficient (Wildman–Crippen LogP) is 3.27. The Kier molecular flexibility index (Phi) is 3.24. The van der Waals surface area contributed by atoms with Crippen LogP contribution in [0.1, 0.15) is 33.2 Å². The zero-order valence-electron chi connectivity index (χ0n) is 10.3. The molecule has 0 aliphatic rings. The third-order valence-electron chi connectivity index (χ3n) is 3.04. The number of rotatable bonds is 3. The van der Waals surface area contributed by atoms with Crippen LogP contribution >= 0.6 is 11.6 Å². The van der Waals surface area contributed by atoms with Crippen LogP contribution in [-0.2, 0) is 0 Å². The summed E-state index contributed by atoms with van der Waals surface area (Å²) in [6.07, 6.45) is 2.63. The molecule has 2 aromatic rings. The fraction of sp³-hybridized carbons (Fsp3) is 0.500. The number of halogens is 1. The molecule has 0 radical (unpaired) electrons. The first-order chi connectivity index (χ1) is 8.04. The van der Waals surface area contributed by atoms with E-state index in [-0.39, 0.29) is 0 Å². The number of fused-ring (bicyclic) bond motifs is 1. The Hall–Kier alpha value is -1.29. The third kappa shape index (κ3) is 2.09. The second-order valence-electron chi connectivity index (χ2n) is 4.56. The van der Waals surface area contributed by atoms with E-state index in [0.29, 0.717) is 22.9 Å². The van der Waals surface area contributed by atoms with E-state index in [1.54, 1.807) is 12.3 Å². The molecule has 17 heavy (non-hydrogen) atoms. The zero-order chi connectivity index (χ0) is 12.6. The summed E-state index contributed by atoms with van der Waals surface area (Å²) in [7, 11) is 0. The number of hydrogen-bond acceptors (Lipinski definition) is 3. The molecular formula is C12H17ClN4. The van der Waals surface area contributed by atoms with Gasteiger partial charge < -0.3 is 5.73 Å². The number of nitrogen functional groups attached to an aromatic ring is 1. The van der Waals surface area contributed by atoms with E-state index in [9.17, 15) is 0 Å². The normalized spacial score (nSPS) is 13.5. The Morgan fingerprint density at radius 3 is 2.76 bits per heavy atom. The van der Waals surface area contributed by atoms with E-state index in [4.69, 9.17) is 17.3 Å². The lowest BCUT2D eigenvalue weighted by molar-refractivity contribution is 0.376. The highest BCUT2D eigenvalue weighted by Gasteiger charge is 2.20. The molecule has 0 saturated heterocycles. The zero-order valence-corrected chi connectivity index (χ0v) is 11.1. The molecule has 0 spiro atoms. The first kappa shape index (κ1) is 12.2. The Bertz CT molecular complexity index is 533. The van der Waals surface area contributed by atoms with Crippen LogP contribution in [0.15, 0.2) is 12.3 Å². The van der Waals surface area contributed by atoms with Crippen molar-refractivity contribution in [1.29, 1.82) is 0 Å². The van der Waals surface area contributed by atoms with Gasteiger partial charge in [0.1, 0.15) is 5.52 Å². The highest BCUT2D eigenvalue weighted by molar-refractivity contribution is 6.31. The van der Waals surface area contributed by atoms with Crippen LogP contribution in [0.5, 0.6) is 0 Å². The van der Waals surface area contributed by atoms with Crippen molar-refractivity contribution in [3.63, 3.8) is 0 Å². The van der Waals surface area contributed by atoms with Gasteiger partial charge >= 0.3 is 0 Å². The monoisotopic (exact) mass is 252 g/mol. The first-order valence-corrected chi connectivity index (χ1v) is 6.21. The summed E-state index contributed by atoms with van der Waals surface area (Å²) in [5.41, 5.74) is 7.56. The molecule has 1 unspecified atom stereocenters. The second-order valence-corrected chi connectivity index (χ2v) is 4.99. The van der Waals surface area contributed by atoms with Gasteiger partial charge in [-0.25, -0.2) is 9.97 Å². The largest absolute Gasteiger partial charge is 0.369 e. The van der Waals surface area contributed by atoms with E-state index in [1.165, 1.54) is 0 Å². The molecule has 0 aromatic carbocycles. The Morgan fingerprint density at radius 2 is 2.18 bits per heavy atom. The van der Waals surface area contributed by atoms with Gasteiger partial charge in [0.25, 0.3) is 0 Å². The lowest BCUT2D eigenvalue weighted by Crippen LogP contribution is -2.16. The number of nitrogens with two attached hydrogens (primary N) is 1. The molecule has 0 bridgehead atoms. The van der Waals surface area contributed by atoms with Crippen LogP contribution < -0.4 is 5.73 Å². The van der Waals surface area contributed by atoms with E-state index in [1.807, 2.05) is 4.57 Å². The van der Waals surface area contributed by atoms with Crippen LogP contribution in [0.3, 0.4) is 0 Å². The average molecular weight is 253 g/mol. The number of anilines is 1. The van der Waals surface area contributed by atoms with Crippen molar-refractivity contribution in [2.45, 2.75) is 33.2 Å². The molecule has 92 valence electrons. The molecule has 2 heterocycles. The fourth-order valence-corrected chi connectivity index (χ4v) is 2.41. The lowest BCUT2D eigenvalue weighted by atomic mass is 10.0. The summed E-state index contributed by atoms with van der Waals surface area (Å²) in [5.74, 6) is 0.993. The predicted molar refractivity (Wildman–Crippen MR) is 71.1 cm³/mol. The number of pyridine rings is 1. The minimum atomic E-state index is 0.314. The van der Waals surface area contributed by atoms with E-state index in [2.05, 4.69) is 30.7 Å². The van der Waals surface area contributed by atoms with Crippen molar-refractivity contribution in [3.05, 3.63) is 17.3 Å². The number of imidazole rings is 1. The van der Waals surface area contributed by atoms with Crippen molar-refractivity contribution in [3.8, 4) is 0 Å². The van der Waals surface area contributed by atoms with Gasteiger partial charge in [-0.15, -0.1) is 0 Å². The quantitative estimate of drug-likeness (QED) is 0.912. The van der Waals surface area contributed by atoms with Gasteiger partial charge in [0, 0.05) is 12.2 Å². The van der Waals surface area contributed by atoms with Gasteiger partial charge in [-0.3, -0.25) is 4.57 Å². The van der Waals surface area contributed by atoms with E-state index in [0.717, 1.165) is 17.6 Å². The molecule has 5 heteroatoms. The number of hydrogen-bond donors (Lipinski definition) is 1. The summed E-state index contributed by atoms with van der Waals surface area (Å²) in [6, 6.07) is 2.11. The van der Waals surface area contributed by atoms with Crippen molar-refractivity contribution in [2.75, 3.05) is 5.73 Å². The Morgan fingerprint density at radius 1 is 1.47 bits per heavy atom. The van der Waals surface area contributed by atoms with Crippen LogP contribution in [0.2, 0.25) is 5.02 Å². The summed E-state index contributed by atoms with van der Waals surface area (Å²) >= 11 is 5.90. The average Bonchev–Trinajstić information content (AvgIpc) is 2.55. The van der Waals surface area contributed by atoms with Crippen LogP contribution in [0, 0.1) is 5.92 Å². The molecule has 0 aliphatic heterocycles. The number of nitrogens with zero attached hydrogens (tertiary/aromatic N) is 3. The molecular weight excluding hydrogens is 236 g/mol. The van der Waals surface area contributed by atoms with Gasteiger partial charge in [0.05, 0.1) is 5.02 Å². The maximum Gasteiger partial charge on any atom is 0.202 e. The highest BCUT2D eigenvalue weighted by Crippen LogP contribution is 2.29. The molecule has 0 aliphatic carbocycles. The van der Waals surface area contributed by atoms with E-state index >= 15 is 0 Å². The summed E-state index contributed by atoms with van der Waals surface area (Å²) in [5, 5.41) is 0.583. The molecule has 0 saturated carbocycles. The lowest BCUT2D eigenvalue weighted by Gasteiger charge is -2.22. The van der Waals surface area contributed by atoms with Crippen LogP contribution in [0.4, 0.5) is 5.95 Å². The maximum absolute atomic E-state index is 5.99. The van der Waals surface area contributed by atoms with Gasteiger partial charge in [-0.2, -0.15) is 0 Å². The van der Waals surface area contributed by atoms with E-state index < -0.39 is 0 Å². The smallest absolute Gasteiger partial charge is 0.202 e. The van der Waals surface area contributed by atoms with Crippen molar-refractivity contribution in [2.24, 2.45) is 5.92 Å². The van der Waals surface area contributed by atoms with Gasteiger partial charge in [-0.1, -0.05) is 32.4 Å². The fourth-order valence-electron chi connectivity index (χ4n) is 2.25. The maximum atomic E-state index is 5.99. The molecule has 2 aromatic heterocycles.